The van der Waals surface area contributed by atoms with Crippen molar-refractivity contribution >= 4 is 34.3 Å². The number of aromatic amines is 1. The molecule has 160 valence electrons. The molecule has 0 radical (unpaired) electrons. The van der Waals surface area contributed by atoms with Crippen LogP contribution in [0.5, 0.6) is 0 Å². The minimum atomic E-state index is -0.0000719. The number of aromatic nitrogens is 4. The quantitative estimate of drug-likeness (QED) is 0.446. The summed E-state index contributed by atoms with van der Waals surface area (Å²) in [4.78, 5) is 16.2. The zero-order chi connectivity index (χ0) is 21.5. The Balaban J connectivity index is 1.21. The maximum Gasteiger partial charge on any atom is 0.253 e. The van der Waals surface area contributed by atoms with Crippen LogP contribution in [0.1, 0.15) is 30.9 Å². The van der Waals surface area contributed by atoms with Crippen LogP contribution in [0, 0.1) is 0 Å². The van der Waals surface area contributed by atoms with Gasteiger partial charge in [0.25, 0.3) is 5.91 Å². The minimum absolute atomic E-state index is 0.0000719. The van der Waals surface area contributed by atoms with Crippen molar-refractivity contribution < 1.29 is 4.79 Å². The molecule has 0 unspecified atom stereocenters. The molecule has 7 nitrogen and oxygen atoms in total. The van der Waals surface area contributed by atoms with E-state index >= 15 is 0 Å². The second-order valence-corrected chi connectivity index (χ2v) is 9.07. The Bertz CT molecular complexity index is 1320. The predicted octanol–water partition coefficient (Wildman–Crippen LogP) is 4.49. The van der Waals surface area contributed by atoms with Crippen LogP contribution in [-0.2, 0) is 4.79 Å². The van der Waals surface area contributed by atoms with E-state index in [1.807, 2.05) is 48.7 Å². The molecular formula is C24H22N6OS. The summed E-state index contributed by atoms with van der Waals surface area (Å²) < 4.78 is 2.20. The Morgan fingerprint density at radius 1 is 1.06 bits per heavy atom. The first-order valence-electron chi connectivity index (χ1n) is 10.9. The van der Waals surface area contributed by atoms with E-state index in [-0.39, 0.29) is 5.91 Å². The van der Waals surface area contributed by atoms with E-state index in [0.29, 0.717) is 18.3 Å². The number of benzene rings is 2. The fourth-order valence-electron chi connectivity index (χ4n) is 4.15. The van der Waals surface area contributed by atoms with E-state index in [1.54, 1.807) is 5.01 Å². The van der Waals surface area contributed by atoms with Gasteiger partial charge in [0.15, 0.2) is 11.0 Å². The molecule has 2 aromatic carbocycles. The number of carbonyl (C=O) groups excluding carboxylic acids is 1. The van der Waals surface area contributed by atoms with Crippen molar-refractivity contribution in [2.24, 2.45) is 5.10 Å². The van der Waals surface area contributed by atoms with Crippen LogP contribution < -0.4 is 0 Å². The van der Waals surface area contributed by atoms with Gasteiger partial charge in [-0.1, -0.05) is 60.3 Å². The standard InChI is InChI=1S/C24H22N6OS/c31-22(29-13-12-20(28-29)16-6-2-1-3-7-16)15-32-24-27-26-23(30(24)17-10-11-17)19-14-25-21-9-5-4-8-18(19)21/h1-9,14,17,25H,10-13,15H2. The summed E-state index contributed by atoms with van der Waals surface area (Å²) in [5.74, 6) is 1.16. The van der Waals surface area contributed by atoms with Gasteiger partial charge in [0.05, 0.1) is 18.0 Å². The summed E-state index contributed by atoms with van der Waals surface area (Å²) in [7, 11) is 0. The molecule has 0 bridgehead atoms. The summed E-state index contributed by atoms with van der Waals surface area (Å²) in [6.45, 7) is 0.625. The Morgan fingerprint density at radius 3 is 2.72 bits per heavy atom. The molecule has 1 aliphatic carbocycles. The van der Waals surface area contributed by atoms with Gasteiger partial charge in [0.1, 0.15) is 0 Å². The first-order valence-corrected chi connectivity index (χ1v) is 11.8. The van der Waals surface area contributed by atoms with Crippen LogP contribution in [0.4, 0.5) is 0 Å². The van der Waals surface area contributed by atoms with Gasteiger partial charge in [-0.05, 0) is 24.5 Å². The first kappa shape index (κ1) is 19.3. The Kier molecular flexibility index (Phi) is 4.79. The fraction of sp³-hybridized carbons (Fsp3) is 0.250. The topological polar surface area (TPSA) is 79.2 Å². The monoisotopic (exact) mass is 442 g/mol. The minimum Gasteiger partial charge on any atom is -0.360 e. The van der Waals surface area contributed by atoms with E-state index in [9.17, 15) is 4.79 Å². The lowest BCUT2D eigenvalue weighted by molar-refractivity contribution is -0.127. The SMILES string of the molecule is O=C(CSc1nnc(-c2c[nH]c3ccccc23)n1C1CC1)N1CCC(c2ccccc2)=N1. The molecule has 0 saturated heterocycles. The maximum atomic E-state index is 12.8. The van der Waals surface area contributed by atoms with E-state index < -0.39 is 0 Å². The Morgan fingerprint density at radius 2 is 1.88 bits per heavy atom. The van der Waals surface area contributed by atoms with Crippen molar-refractivity contribution in [3.05, 3.63) is 66.4 Å². The molecule has 3 heterocycles. The van der Waals surface area contributed by atoms with Crippen molar-refractivity contribution in [1.29, 1.82) is 0 Å². The maximum absolute atomic E-state index is 12.8. The molecule has 1 fully saturated rings. The summed E-state index contributed by atoms with van der Waals surface area (Å²) in [6.07, 6.45) is 5.01. The summed E-state index contributed by atoms with van der Waals surface area (Å²) in [5.41, 5.74) is 4.17. The number of H-pyrrole nitrogens is 1. The normalized spacial score (nSPS) is 16.0. The highest BCUT2D eigenvalue weighted by atomic mass is 32.2. The zero-order valence-corrected chi connectivity index (χ0v) is 18.3. The van der Waals surface area contributed by atoms with Crippen LogP contribution in [-0.4, -0.2) is 48.7 Å². The number of nitrogens with one attached hydrogen (secondary N) is 1. The van der Waals surface area contributed by atoms with E-state index in [4.69, 9.17) is 0 Å². The van der Waals surface area contributed by atoms with Gasteiger partial charge in [-0.15, -0.1) is 10.2 Å². The van der Waals surface area contributed by atoms with Crippen LogP contribution in [0.3, 0.4) is 0 Å². The van der Waals surface area contributed by atoms with Crippen LogP contribution in [0.25, 0.3) is 22.3 Å². The molecule has 1 N–H and O–H groups in total. The molecule has 2 aliphatic rings. The molecule has 0 spiro atoms. The highest BCUT2D eigenvalue weighted by Crippen LogP contribution is 2.42. The van der Waals surface area contributed by atoms with Gasteiger partial charge in [-0.3, -0.25) is 9.36 Å². The van der Waals surface area contributed by atoms with Gasteiger partial charge in [-0.25, -0.2) is 5.01 Å². The van der Waals surface area contributed by atoms with Gasteiger partial charge in [-0.2, -0.15) is 5.10 Å². The van der Waals surface area contributed by atoms with E-state index in [0.717, 1.165) is 58.0 Å². The van der Waals surface area contributed by atoms with Crippen LogP contribution in [0.2, 0.25) is 0 Å². The second-order valence-electron chi connectivity index (χ2n) is 8.12. The Labute approximate surface area is 189 Å². The number of thioether (sulfide) groups is 1. The summed E-state index contributed by atoms with van der Waals surface area (Å²) in [5, 5.41) is 17.1. The van der Waals surface area contributed by atoms with Crippen molar-refractivity contribution in [2.75, 3.05) is 12.3 Å². The third-order valence-electron chi connectivity index (χ3n) is 5.93. The molecule has 2 aromatic heterocycles. The molecule has 8 heteroatoms. The zero-order valence-electron chi connectivity index (χ0n) is 17.4. The number of amides is 1. The third-order valence-corrected chi connectivity index (χ3v) is 6.86. The molecule has 1 aliphatic heterocycles. The number of fused-ring (bicyclic) bond motifs is 1. The lowest BCUT2D eigenvalue weighted by Gasteiger charge is -2.12. The van der Waals surface area contributed by atoms with E-state index in [2.05, 4.69) is 37.0 Å². The molecule has 32 heavy (non-hydrogen) atoms. The average molecular weight is 443 g/mol. The molecule has 1 saturated carbocycles. The molecule has 1 amide bonds. The lowest BCUT2D eigenvalue weighted by Crippen LogP contribution is -2.25. The summed E-state index contributed by atoms with van der Waals surface area (Å²) >= 11 is 1.45. The number of para-hydroxylation sites is 1. The van der Waals surface area contributed by atoms with Crippen LogP contribution >= 0.6 is 11.8 Å². The van der Waals surface area contributed by atoms with E-state index in [1.165, 1.54) is 11.8 Å². The third kappa shape index (κ3) is 3.50. The van der Waals surface area contributed by atoms with Crippen LogP contribution in [0.15, 0.2) is 71.1 Å². The Hall–Kier alpha value is -3.39. The van der Waals surface area contributed by atoms with Crippen molar-refractivity contribution in [1.82, 2.24) is 24.8 Å². The smallest absolute Gasteiger partial charge is 0.253 e. The molecular weight excluding hydrogens is 420 g/mol. The largest absolute Gasteiger partial charge is 0.360 e. The second kappa shape index (κ2) is 7.94. The number of hydrazone groups is 1. The van der Waals surface area contributed by atoms with Gasteiger partial charge in [0.2, 0.25) is 0 Å². The fourth-order valence-corrected chi connectivity index (χ4v) is 5.02. The van der Waals surface area contributed by atoms with Gasteiger partial charge in [0, 0.05) is 35.1 Å². The van der Waals surface area contributed by atoms with Gasteiger partial charge >= 0.3 is 0 Å². The van der Waals surface area contributed by atoms with Crippen molar-refractivity contribution in [3.8, 4) is 11.4 Å². The highest BCUT2D eigenvalue weighted by Gasteiger charge is 2.31. The number of nitrogens with zero attached hydrogens (tertiary/aromatic N) is 5. The van der Waals surface area contributed by atoms with Gasteiger partial charge < -0.3 is 4.98 Å². The van der Waals surface area contributed by atoms with Crippen molar-refractivity contribution in [2.45, 2.75) is 30.5 Å². The molecule has 6 rings (SSSR count). The van der Waals surface area contributed by atoms with Crippen molar-refractivity contribution in [3.63, 3.8) is 0 Å². The number of hydrogen-bond donors (Lipinski definition) is 1. The highest BCUT2D eigenvalue weighted by molar-refractivity contribution is 7.99. The summed E-state index contributed by atoms with van der Waals surface area (Å²) in [6, 6.07) is 18.7. The number of hydrogen-bond acceptors (Lipinski definition) is 5. The predicted molar refractivity (Wildman–Crippen MR) is 126 cm³/mol. The lowest BCUT2D eigenvalue weighted by atomic mass is 10.1. The molecule has 0 atom stereocenters. The molecule has 4 aromatic rings. The first-order chi connectivity index (χ1) is 15.8. The number of carbonyl (C=O) groups is 1. The average Bonchev–Trinajstić information content (AvgIpc) is 3.24. The number of rotatable bonds is 6.